The van der Waals surface area contributed by atoms with Crippen LogP contribution in [0.25, 0.3) is 6.08 Å². The summed E-state index contributed by atoms with van der Waals surface area (Å²) in [7, 11) is 1.29. The third kappa shape index (κ3) is 6.25. The lowest BCUT2D eigenvalue weighted by Gasteiger charge is -2.12. The van der Waals surface area contributed by atoms with E-state index in [1.54, 1.807) is 30.3 Å². The van der Waals surface area contributed by atoms with Gasteiger partial charge in [0.1, 0.15) is 24.0 Å². The van der Waals surface area contributed by atoms with E-state index in [0.29, 0.717) is 34.2 Å². The van der Waals surface area contributed by atoms with Crippen LogP contribution in [0.4, 0.5) is 5.69 Å². The molecule has 0 aliphatic carbocycles. The van der Waals surface area contributed by atoms with Gasteiger partial charge in [-0.2, -0.15) is 5.26 Å². The summed E-state index contributed by atoms with van der Waals surface area (Å²) >= 11 is 6.15. The Morgan fingerprint density at radius 3 is 2.41 bits per heavy atom. The smallest absolute Gasteiger partial charge is 0.337 e. The maximum atomic E-state index is 12.7. The fourth-order valence-electron chi connectivity index (χ4n) is 3.13. The summed E-state index contributed by atoms with van der Waals surface area (Å²) in [6.45, 7) is 4.41. The van der Waals surface area contributed by atoms with E-state index in [2.05, 4.69) is 16.1 Å². The number of esters is 1. The summed E-state index contributed by atoms with van der Waals surface area (Å²) in [5.74, 6) is -0.594. The Kier molecular flexibility index (Phi) is 8.07. The monoisotopic (exact) mass is 474 g/mol. The zero-order valence-corrected chi connectivity index (χ0v) is 19.8. The molecule has 3 aromatic rings. The van der Waals surface area contributed by atoms with Crippen molar-refractivity contribution in [3.63, 3.8) is 0 Å². The van der Waals surface area contributed by atoms with Crippen LogP contribution in [0.5, 0.6) is 5.75 Å². The zero-order valence-electron chi connectivity index (χ0n) is 19.0. The van der Waals surface area contributed by atoms with Crippen molar-refractivity contribution in [2.75, 3.05) is 12.4 Å². The Bertz CT molecular complexity index is 1290. The van der Waals surface area contributed by atoms with Crippen LogP contribution in [0.15, 0.2) is 66.2 Å². The number of nitriles is 1. The molecule has 0 heterocycles. The van der Waals surface area contributed by atoms with Gasteiger partial charge in [0.05, 0.1) is 12.7 Å². The number of hydrogen-bond acceptors (Lipinski definition) is 5. The molecule has 0 saturated heterocycles. The fourth-order valence-corrected chi connectivity index (χ4v) is 3.31. The first-order valence-corrected chi connectivity index (χ1v) is 10.8. The van der Waals surface area contributed by atoms with E-state index < -0.39 is 11.9 Å². The quantitative estimate of drug-likeness (QED) is 0.263. The average molecular weight is 475 g/mol. The van der Waals surface area contributed by atoms with Crippen LogP contribution >= 0.6 is 11.6 Å². The maximum Gasteiger partial charge on any atom is 0.337 e. The zero-order chi connectivity index (χ0) is 24.7. The van der Waals surface area contributed by atoms with Gasteiger partial charge in [0, 0.05) is 16.3 Å². The minimum Gasteiger partial charge on any atom is -0.488 e. The third-order valence-electron chi connectivity index (χ3n) is 5.17. The van der Waals surface area contributed by atoms with Gasteiger partial charge in [-0.15, -0.1) is 0 Å². The number of aryl methyl sites for hydroxylation is 2. The first kappa shape index (κ1) is 24.6. The van der Waals surface area contributed by atoms with Crippen molar-refractivity contribution in [1.29, 1.82) is 5.26 Å². The molecule has 34 heavy (non-hydrogen) atoms. The van der Waals surface area contributed by atoms with E-state index in [0.717, 1.165) is 5.56 Å². The highest BCUT2D eigenvalue weighted by atomic mass is 35.5. The number of nitrogens with one attached hydrogen (secondary N) is 1. The van der Waals surface area contributed by atoms with Crippen molar-refractivity contribution in [3.8, 4) is 11.8 Å². The molecule has 0 aliphatic heterocycles. The number of ether oxygens (including phenoxy) is 2. The summed E-state index contributed by atoms with van der Waals surface area (Å²) < 4.78 is 10.6. The topological polar surface area (TPSA) is 88.4 Å². The summed E-state index contributed by atoms with van der Waals surface area (Å²) in [5, 5.41) is 12.7. The Hall–Kier alpha value is -4.08. The van der Waals surface area contributed by atoms with Crippen LogP contribution in [-0.4, -0.2) is 19.0 Å². The molecule has 0 unspecified atom stereocenters. The second-order valence-corrected chi connectivity index (χ2v) is 8.02. The second-order valence-electron chi connectivity index (χ2n) is 7.58. The summed E-state index contributed by atoms with van der Waals surface area (Å²) in [6, 6.07) is 19.2. The van der Waals surface area contributed by atoms with E-state index in [-0.39, 0.29) is 5.57 Å². The molecule has 0 bridgehead atoms. The highest BCUT2D eigenvalue weighted by molar-refractivity contribution is 6.30. The van der Waals surface area contributed by atoms with Crippen LogP contribution in [0.3, 0.4) is 0 Å². The van der Waals surface area contributed by atoms with Crippen molar-refractivity contribution in [2.24, 2.45) is 0 Å². The molecule has 0 fully saturated rings. The van der Waals surface area contributed by atoms with E-state index in [9.17, 15) is 14.9 Å². The van der Waals surface area contributed by atoms with Gasteiger partial charge in [-0.05, 0) is 79.1 Å². The van der Waals surface area contributed by atoms with Gasteiger partial charge in [-0.25, -0.2) is 4.79 Å². The number of methoxy groups -OCH3 is 1. The van der Waals surface area contributed by atoms with Gasteiger partial charge in [0.15, 0.2) is 0 Å². The second kappa shape index (κ2) is 11.2. The Labute approximate surface area is 203 Å². The molecule has 1 amide bonds. The van der Waals surface area contributed by atoms with Gasteiger partial charge in [-0.1, -0.05) is 29.8 Å². The largest absolute Gasteiger partial charge is 0.488 e. The highest BCUT2D eigenvalue weighted by Crippen LogP contribution is 2.27. The van der Waals surface area contributed by atoms with Crippen molar-refractivity contribution in [2.45, 2.75) is 20.5 Å². The van der Waals surface area contributed by atoms with Crippen molar-refractivity contribution in [1.82, 2.24) is 0 Å². The van der Waals surface area contributed by atoms with Gasteiger partial charge < -0.3 is 14.8 Å². The van der Waals surface area contributed by atoms with Crippen LogP contribution in [0, 0.1) is 25.2 Å². The first-order chi connectivity index (χ1) is 16.3. The maximum absolute atomic E-state index is 12.7. The van der Waals surface area contributed by atoms with Crippen LogP contribution in [0.2, 0.25) is 5.02 Å². The summed E-state index contributed by atoms with van der Waals surface area (Å²) in [5.41, 5.74) is 4.52. The Morgan fingerprint density at radius 2 is 1.76 bits per heavy atom. The van der Waals surface area contributed by atoms with Crippen molar-refractivity contribution in [3.05, 3.63) is 99.1 Å². The Balaban J connectivity index is 1.79. The molecular weight excluding hydrogens is 452 g/mol. The van der Waals surface area contributed by atoms with Crippen LogP contribution < -0.4 is 10.1 Å². The van der Waals surface area contributed by atoms with E-state index >= 15 is 0 Å². The molecule has 0 aliphatic rings. The molecular formula is C27H23ClN2O4. The van der Waals surface area contributed by atoms with Crippen molar-refractivity contribution >= 4 is 35.2 Å². The number of amides is 1. The molecule has 3 rings (SSSR count). The first-order valence-electron chi connectivity index (χ1n) is 10.4. The summed E-state index contributed by atoms with van der Waals surface area (Å²) in [4.78, 5) is 24.3. The lowest BCUT2D eigenvalue weighted by atomic mass is 10.1. The Morgan fingerprint density at radius 1 is 1.03 bits per heavy atom. The van der Waals surface area contributed by atoms with E-state index in [1.165, 1.54) is 36.4 Å². The number of nitrogens with zero attached hydrogens (tertiary/aromatic N) is 1. The molecule has 0 saturated carbocycles. The van der Waals surface area contributed by atoms with E-state index in [1.807, 2.05) is 32.0 Å². The minimum atomic E-state index is -0.603. The van der Waals surface area contributed by atoms with Crippen molar-refractivity contribution < 1.29 is 19.1 Å². The van der Waals surface area contributed by atoms with Gasteiger partial charge in [-0.3, -0.25) is 4.79 Å². The molecule has 0 atom stereocenters. The number of carbonyl (C=O) groups excluding carboxylic acids is 2. The molecule has 0 aromatic heterocycles. The number of halogens is 1. The molecule has 0 radical (unpaired) electrons. The van der Waals surface area contributed by atoms with E-state index in [4.69, 9.17) is 16.3 Å². The van der Waals surface area contributed by atoms with Gasteiger partial charge >= 0.3 is 5.97 Å². The van der Waals surface area contributed by atoms with Crippen LogP contribution in [-0.2, 0) is 16.1 Å². The fraction of sp³-hybridized carbons (Fsp3) is 0.148. The standard InChI is InChI=1S/C27H23ClN2O4/c1-17-4-5-19(12-18(17)2)16-34-25-11-8-23(28)14-21(25)13-22(15-29)26(31)30-24-9-6-20(7-10-24)27(32)33-3/h4-14H,16H2,1-3H3,(H,30,31)/b22-13+. The minimum absolute atomic E-state index is 0.129. The molecule has 172 valence electrons. The summed E-state index contributed by atoms with van der Waals surface area (Å²) in [6.07, 6.45) is 1.43. The SMILES string of the molecule is COC(=O)c1ccc(NC(=O)/C(C#N)=C/c2cc(Cl)ccc2OCc2ccc(C)c(C)c2)cc1. The molecule has 0 spiro atoms. The molecule has 7 heteroatoms. The molecule has 3 aromatic carbocycles. The predicted molar refractivity (Wildman–Crippen MR) is 132 cm³/mol. The number of rotatable bonds is 7. The number of benzene rings is 3. The lowest BCUT2D eigenvalue weighted by Crippen LogP contribution is -2.13. The number of carbonyl (C=O) groups is 2. The normalized spacial score (nSPS) is 10.9. The van der Waals surface area contributed by atoms with Gasteiger partial charge in [0.25, 0.3) is 5.91 Å². The molecule has 6 nitrogen and oxygen atoms in total. The predicted octanol–water partition coefficient (Wildman–Crippen LogP) is 5.87. The molecule has 1 N–H and O–H groups in total. The average Bonchev–Trinajstić information content (AvgIpc) is 2.83. The van der Waals surface area contributed by atoms with Gasteiger partial charge in [0.2, 0.25) is 0 Å². The number of anilines is 1. The third-order valence-corrected chi connectivity index (χ3v) is 5.40. The highest BCUT2D eigenvalue weighted by Gasteiger charge is 2.13. The lowest BCUT2D eigenvalue weighted by molar-refractivity contribution is -0.112. The number of hydrogen-bond donors (Lipinski definition) is 1. The van der Waals surface area contributed by atoms with Crippen LogP contribution in [0.1, 0.15) is 32.6 Å².